The van der Waals surface area contributed by atoms with Crippen molar-refractivity contribution in [2.75, 3.05) is 11.1 Å². The number of nitrogens with one attached hydrogen (secondary N) is 1. The van der Waals surface area contributed by atoms with Crippen molar-refractivity contribution in [2.45, 2.75) is 20.3 Å². The summed E-state index contributed by atoms with van der Waals surface area (Å²) >= 11 is 12.8. The van der Waals surface area contributed by atoms with E-state index >= 15 is 0 Å². The lowest BCUT2D eigenvalue weighted by atomic mass is 10.1. The first-order valence-electron chi connectivity index (χ1n) is 6.59. The molecule has 6 heteroatoms. The van der Waals surface area contributed by atoms with Gasteiger partial charge in [-0.15, -0.1) is 0 Å². The van der Waals surface area contributed by atoms with E-state index in [0.29, 0.717) is 10.7 Å². The molecule has 0 aliphatic carbocycles. The minimum atomic E-state index is -0.0860. The molecule has 0 saturated heterocycles. The summed E-state index contributed by atoms with van der Waals surface area (Å²) < 4.78 is 1.57. The smallest absolute Gasteiger partial charge is 0.228 e. The number of halogens is 3. The second-order valence-electron chi connectivity index (χ2n) is 5.02. The SMILES string of the molecule is Cc1c(Br)c(N)c(Br)c(C)c1NC(=O)Cc1ccc(Cl)cc1. The Labute approximate surface area is 151 Å². The molecule has 0 unspecified atom stereocenters. The molecule has 1 amide bonds. The Kier molecular flexibility index (Phi) is 5.53. The summed E-state index contributed by atoms with van der Waals surface area (Å²) in [6.07, 6.45) is 0.287. The van der Waals surface area contributed by atoms with Crippen LogP contribution in [-0.2, 0) is 11.2 Å². The van der Waals surface area contributed by atoms with Gasteiger partial charge in [0.25, 0.3) is 0 Å². The maximum absolute atomic E-state index is 12.3. The lowest BCUT2D eigenvalue weighted by Gasteiger charge is -2.17. The monoisotopic (exact) mass is 444 g/mol. The highest BCUT2D eigenvalue weighted by Crippen LogP contribution is 2.39. The van der Waals surface area contributed by atoms with Gasteiger partial charge in [-0.3, -0.25) is 4.79 Å². The van der Waals surface area contributed by atoms with Gasteiger partial charge in [0, 0.05) is 19.7 Å². The summed E-state index contributed by atoms with van der Waals surface area (Å²) in [5.74, 6) is -0.0860. The molecule has 0 atom stereocenters. The minimum Gasteiger partial charge on any atom is -0.397 e. The van der Waals surface area contributed by atoms with Gasteiger partial charge in [-0.2, -0.15) is 0 Å². The summed E-state index contributed by atoms with van der Waals surface area (Å²) in [4.78, 5) is 12.3. The van der Waals surface area contributed by atoms with Gasteiger partial charge in [0.1, 0.15) is 0 Å². The van der Waals surface area contributed by atoms with Crippen LogP contribution in [0.4, 0.5) is 11.4 Å². The molecule has 2 rings (SSSR count). The van der Waals surface area contributed by atoms with E-state index in [0.717, 1.165) is 31.3 Å². The number of hydrogen-bond donors (Lipinski definition) is 2. The van der Waals surface area contributed by atoms with Crippen molar-refractivity contribution in [3.63, 3.8) is 0 Å². The normalized spacial score (nSPS) is 10.6. The Hall–Kier alpha value is -1.04. The standard InChI is InChI=1S/C16H15Br2ClN2O/c1-8-13(17)15(20)14(18)9(2)16(8)21-12(22)7-10-3-5-11(19)6-4-10/h3-6H,7,20H2,1-2H3,(H,21,22). The number of hydrogen-bond acceptors (Lipinski definition) is 2. The number of nitrogen functional groups attached to an aromatic ring is 1. The molecular weight excluding hydrogens is 431 g/mol. The Balaban J connectivity index is 2.24. The summed E-state index contributed by atoms with van der Waals surface area (Å²) in [6.45, 7) is 3.83. The molecule has 3 nitrogen and oxygen atoms in total. The van der Waals surface area contributed by atoms with Gasteiger partial charge in [-0.1, -0.05) is 23.7 Å². The first kappa shape index (κ1) is 17.3. The van der Waals surface area contributed by atoms with E-state index < -0.39 is 0 Å². The lowest BCUT2D eigenvalue weighted by molar-refractivity contribution is -0.115. The summed E-state index contributed by atoms with van der Waals surface area (Å²) in [6, 6.07) is 7.24. The van der Waals surface area contributed by atoms with Crippen molar-refractivity contribution < 1.29 is 4.79 Å². The second-order valence-corrected chi connectivity index (χ2v) is 7.04. The van der Waals surface area contributed by atoms with Crippen LogP contribution in [0, 0.1) is 13.8 Å². The van der Waals surface area contributed by atoms with E-state index in [9.17, 15) is 4.79 Å². The molecule has 0 aliphatic heterocycles. The fourth-order valence-electron chi connectivity index (χ4n) is 2.16. The van der Waals surface area contributed by atoms with Gasteiger partial charge in [0.05, 0.1) is 12.1 Å². The van der Waals surface area contributed by atoms with Crippen LogP contribution >= 0.6 is 43.5 Å². The first-order valence-corrected chi connectivity index (χ1v) is 8.55. The molecule has 0 radical (unpaired) electrons. The van der Waals surface area contributed by atoms with Gasteiger partial charge >= 0.3 is 0 Å². The van der Waals surface area contributed by atoms with Crippen molar-refractivity contribution in [1.82, 2.24) is 0 Å². The number of amides is 1. The van der Waals surface area contributed by atoms with Crippen LogP contribution in [0.1, 0.15) is 16.7 Å². The number of anilines is 2. The number of benzene rings is 2. The van der Waals surface area contributed by atoms with Crippen LogP contribution in [0.3, 0.4) is 0 Å². The Morgan fingerprint density at radius 1 is 1.14 bits per heavy atom. The molecule has 2 aromatic carbocycles. The summed E-state index contributed by atoms with van der Waals surface area (Å²) in [7, 11) is 0. The predicted molar refractivity (Wildman–Crippen MR) is 99.5 cm³/mol. The van der Waals surface area contributed by atoms with Crippen molar-refractivity contribution in [3.8, 4) is 0 Å². The molecule has 0 bridgehead atoms. The first-order chi connectivity index (χ1) is 10.3. The molecule has 0 saturated carbocycles. The Morgan fingerprint density at radius 2 is 1.64 bits per heavy atom. The average molecular weight is 447 g/mol. The van der Waals surface area contributed by atoms with Crippen LogP contribution in [0.5, 0.6) is 0 Å². The van der Waals surface area contributed by atoms with E-state index in [2.05, 4.69) is 37.2 Å². The molecule has 0 heterocycles. The second kappa shape index (κ2) is 7.02. The van der Waals surface area contributed by atoms with Gasteiger partial charge < -0.3 is 11.1 Å². The van der Waals surface area contributed by atoms with Gasteiger partial charge in [-0.25, -0.2) is 0 Å². The molecule has 2 aromatic rings. The zero-order valence-electron chi connectivity index (χ0n) is 12.1. The zero-order valence-corrected chi connectivity index (χ0v) is 16.1. The molecular formula is C16H15Br2ClN2O. The third kappa shape index (κ3) is 3.65. The summed E-state index contributed by atoms with van der Waals surface area (Å²) in [5, 5.41) is 3.62. The molecule has 0 aliphatic rings. The van der Waals surface area contributed by atoms with Crippen molar-refractivity contribution in [3.05, 3.63) is 54.9 Å². The van der Waals surface area contributed by atoms with Crippen LogP contribution in [0.2, 0.25) is 5.02 Å². The number of nitrogens with two attached hydrogens (primary N) is 1. The Bertz CT molecular complexity index is 701. The van der Waals surface area contributed by atoms with Crippen LogP contribution in [0.15, 0.2) is 33.2 Å². The van der Waals surface area contributed by atoms with Crippen LogP contribution < -0.4 is 11.1 Å². The van der Waals surface area contributed by atoms with Gasteiger partial charge in [0.2, 0.25) is 5.91 Å². The van der Waals surface area contributed by atoms with E-state index in [-0.39, 0.29) is 12.3 Å². The fourth-order valence-corrected chi connectivity index (χ4v) is 3.34. The zero-order chi connectivity index (χ0) is 16.4. The van der Waals surface area contributed by atoms with Gasteiger partial charge in [-0.05, 0) is 74.5 Å². The minimum absolute atomic E-state index is 0.0860. The van der Waals surface area contributed by atoms with E-state index in [1.165, 1.54) is 0 Å². The third-order valence-electron chi connectivity index (χ3n) is 3.42. The van der Waals surface area contributed by atoms with Gasteiger partial charge in [0.15, 0.2) is 0 Å². The number of carbonyl (C=O) groups excluding carboxylic acids is 1. The summed E-state index contributed by atoms with van der Waals surface area (Å²) in [5.41, 5.74) is 10.1. The quantitative estimate of drug-likeness (QED) is 0.633. The van der Waals surface area contributed by atoms with E-state index in [4.69, 9.17) is 17.3 Å². The largest absolute Gasteiger partial charge is 0.397 e. The predicted octanol–water partition coefficient (Wildman–Crippen LogP) is 5.25. The third-order valence-corrected chi connectivity index (χ3v) is 5.72. The Morgan fingerprint density at radius 3 is 2.14 bits per heavy atom. The maximum Gasteiger partial charge on any atom is 0.228 e. The highest BCUT2D eigenvalue weighted by atomic mass is 79.9. The highest BCUT2D eigenvalue weighted by Gasteiger charge is 2.16. The molecule has 0 aromatic heterocycles. The molecule has 3 N–H and O–H groups in total. The van der Waals surface area contributed by atoms with E-state index in [1.54, 1.807) is 12.1 Å². The average Bonchev–Trinajstić information content (AvgIpc) is 2.50. The highest BCUT2D eigenvalue weighted by molar-refractivity contribution is 9.11. The van der Waals surface area contributed by atoms with Crippen LogP contribution in [-0.4, -0.2) is 5.91 Å². The lowest BCUT2D eigenvalue weighted by Crippen LogP contribution is -2.16. The number of rotatable bonds is 3. The van der Waals surface area contributed by atoms with Crippen molar-refractivity contribution in [1.29, 1.82) is 0 Å². The molecule has 116 valence electrons. The van der Waals surface area contributed by atoms with Crippen molar-refractivity contribution in [2.24, 2.45) is 0 Å². The maximum atomic E-state index is 12.3. The van der Waals surface area contributed by atoms with E-state index in [1.807, 2.05) is 26.0 Å². The molecule has 22 heavy (non-hydrogen) atoms. The van der Waals surface area contributed by atoms with Crippen LogP contribution in [0.25, 0.3) is 0 Å². The molecule has 0 spiro atoms. The topological polar surface area (TPSA) is 55.1 Å². The molecule has 0 fully saturated rings. The van der Waals surface area contributed by atoms with Crippen molar-refractivity contribution >= 4 is 60.7 Å². The number of carbonyl (C=O) groups is 1. The fraction of sp³-hybridized carbons (Fsp3) is 0.188.